The molecule has 2 rings (SSSR count). The molecule has 2 nitrogen and oxygen atoms in total. The molecule has 2 fully saturated rings. The first-order chi connectivity index (χ1) is 10.7. The van der Waals surface area contributed by atoms with Gasteiger partial charge in [-0.05, 0) is 12.8 Å². The SMILES string of the molecule is CC(C)(C)[Si]1(C(C)(C)C)OC2CCCCCCCCCCC2O1. The minimum absolute atomic E-state index is 0.117. The highest BCUT2D eigenvalue weighted by Gasteiger charge is 2.64. The van der Waals surface area contributed by atoms with Crippen LogP contribution in [0.1, 0.15) is 106 Å². The van der Waals surface area contributed by atoms with Gasteiger partial charge in [0.2, 0.25) is 0 Å². The summed E-state index contributed by atoms with van der Waals surface area (Å²) in [6.07, 6.45) is 14.1. The van der Waals surface area contributed by atoms with Crippen molar-refractivity contribution in [3.05, 3.63) is 0 Å². The largest absolute Gasteiger partial charge is 0.388 e. The van der Waals surface area contributed by atoms with Gasteiger partial charge in [0, 0.05) is 10.1 Å². The normalized spacial score (nSPS) is 31.0. The van der Waals surface area contributed by atoms with Crippen LogP contribution in [0.3, 0.4) is 0 Å². The van der Waals surface area contributed by atoms with E-state index in [1.165, 1.54) is 64.2 Å². The summed E-state index contributed by atoms with van der Waals surface area (Å²) in [7, 11) is -2.27. The van der Waals surface area contributed by atoms with E-state index in [4.69, 9.17) is 8.85 Å². The van der Waals surface area contributed by atoms with Crippen molar-refractivity contribution in [3.63, 3.8) is 0 Å². The first-order valence-corrected chi connectivity index (χ1v) is 11.8. The second kappa shape index (κ2) is 7.57. The van der Waals surface area contributed by atoms with Gasteiger partial charge in [0.05, 0.1) is 12.2 Å². The second-order valence-electron chi connectivity index (χ2n) is 9.83. The van der Waals surface area contributed by atoms with E-state index >= 15 is 0 Å². The quantitative estimate of drug-likeness (QED) is 0.455. The summed E-state index contributed by atoms with van der Waals surface area (Å²) in [5.41, 5.74) is 0. The van der Waals surface area contributed by atoms with Gasteiger partial charge in [0.1, 0.15) is 0 Å². The average molecular weight is 341 g/mol. The summed E-state index contributed by atoms with van der Waals surface area (Å²) < 4.78 is 13.8. The van der Waals surface area contributed by atoms with Crippen molar-refractivity contribution in [2.75, 3.05) is 0 Å². The summed E-state index contributed by atoms with van der Waals surface area (Å²) in [5.74, 6) is 0. The van der Waals surface area contributed by atoms with E-state index in [1.54, 1.807) is 0 Å². The molecule has 0 N–H and O–H groups in total. The Kier molecular flexibility index (Phi) is 6.41. The molecule has 3 heteroatoms. The lowest BCUT2D eigenvalue weighted by Crippen LogP contribution is -2.54. The summed E-state index contributed by atoms with van der Waals surface area (Å²) in [4.78, 5) is 0. The molecular weight excluding hydrogens is 300 g/mol. The van der Waals surface area contributed by atoms with Gasteiger partial charge in [0.15, 0.2) is 0 Å². The lowest BCUT2D eigenvalue weighted by Gasteiger charge is -2.45. The summed E-state index contributed by atoms with van der Waals surface area (Å²) in [6.45, 7) is 14.0. The maximum Gasteiger partial charge on any atom is 0.349 e. The highest BCUT2D eigenvalue weighted by atomic mass is 28.4. The molecule has 2 atom stereocenters. The van der Waals surface area contributed by atoms with E-state index in [2.05, 4.69) is 41.5 Å². The van der Waals surface area contributed by atoms with Gasteiger partial charge in [-0.25, -0.2) is 0 Å². The Labute approximate surface area is 146 Å². The van der Waals surface area contributed by atoms with Gasteiger partial charge in [0.25, 0.3) is 0 Å². The van der Waals surface area contributed by atoms with Crippen LogP contribution < -0.4 is 0 Å². The van der Waals surface area contributed by atoms with E-state index in [0.717, 1.165) is 0 Å². The van der Waals surface area contributed by atoms with Gasteiger partial charge < -0.3 is 8.85 Å². The first kappa shape index (κ1) is 19.5. The fraction of sp³-hybridized carbons (Fsp3) is 1.00. The smallest absolute Gasteiger partial charge is 0.349 e. The van der Waals surface area contributed by atoms with Crippen molar-refractivity contribution >= 4 is 8.56 Å². The number of rotatable bonds is 0. The van der Waals surface area contributed by atoms with Crippen LogP contribution in [0.15, 0.2) is 0 Å². The summed E-state index contributed by atoms with van der Waals surface area (Å²) >= 11 is 0. The molecule has 136 valence electrons. The van der Waals surface area contributed by atoms with Crippen molar-refractivity contribution in [2.24, 2.45) is 0 Å². The first-order valence-electron chi connectivity index (χ1n) is 10.0. The molecule has 0 aromatic carbocycles. The average Bonchev–Trinajstić information content (AvgIpc) is 2.78. The van der Waals surface area contributed by atoms with Crippen molar-refractivity contribution in [3.8, 4) is 0 Å². The Balaban J connectivity index is 2.17. The molecule has 2 aliphatic rings. The third-order valence-electron chi connectivity index (χ3n) is 5.75. The van der Waals surface area contributed by atoms with Gasteiger partial charge in [-0.15, -0.1) is 0 Å². The Bertz CT molecular complexity index is 331. The Morgan fingerprint density at radius 2 is 0.870 bits per heavy atom. The predicted octanol–water partition coefficient (Wildman–Crippen LogP) is 6.73. The summed E-state index contributed by atoms with van der Waals surface area (Å²) in [6, 6.07) is 0. The molecule has 0 bridgehead atoms. The number of hydrogen-bond acceptors (Lipinski definition) is 2. The lowest BCUT2D eigenvalue weighted by atomic mass is 9.98. The molecule has 1 aliphatic carbocycles. The minimum Gasteiger partial charge on any atom is -0.388 e. The molecule has 0 radical (unpaired) electrons. The van der Waals surface area contributed by atoms with Crippen molar-refractivity contribution in [1.82, 2.24) is 0 Å². The maximum absolute atomic E-state index is 6.90. The fourth-order valence-electron chi connectivity index (χ4n) is 4.68. The molecule has 2 unspecified atom stereocenters. The zero-order chi connectivity index (χ0) is 17.1. The van der Waals surface area contributed by atoms with E-state index in [-0.39, 0.29) is 10.1 Å². The Hall–Kier alpha value is 0.137. The van der Waals surface area contributed by atoms with Crippen molar-refractivity contribution in [2.45, 2.75) is 128 Å². The van der Waals surface area contributed by atoms with Gasteiger partial charge in [-0.1, -0.05) is 92.9 Å². The Morgan fingerprint density at radius 1 is 0.565 bits per heavy atom. The maximum atomic E-state index is 6.90. The molecule has 0 aromatic rings. The number of fused-ring (bicyclic) bond motifs is 1. The molecule has 1 heterocycles. The van der Waals surface area contributed by atoms with Crippen LogP contribution in [0.2, 0.25) is 10.1 Å². The van der Waals surface area contributed by atoms with Crippen LogP contribution >= 0.6 is 0 Å². The van der Waals surface area contributed by atoms with E-state index in [9.17, 15) is 0 Å². The van der Waals surface area contributed by atoms with Gasteiger partial charge in [-0.2, -0.15) is 0 Å². The predicted molar refractivity (Wildman–Crippen MR) is 101 cm³/mol. The van der Waals surface area contributed by atoms with Crippen LogP contribution in [0.25, 0.3) is 0 Å². The molecule has 1 saturated heterocycles. The van der Waals surface area contributed by atoms with E-state index in [1.807, 2.05) is 0 Å². The minimum atomic E-state index is -2.27. The van der Waals surface area contributed by atoms with Gasteiger partial charge in [-0.3, -0.25) is 0 Å². The highest BCUT2D eigenvalue weighted by Crippen LogP contribution is 2.56. The monoisotopic (exact) mass is 340 g/mol. The van der Waals surface area contributed by atoms with Crippen LogP contribution in [-0.4, -0.2) is 20.8 Å². The van der Waals surface area contributed by atoms with Crippen LogP contribution in [0.5, 0.6) is 0 Å². The zero-order valence-electron chi connectivity index (χ0n) is 16.5. The molecule has 0 amide bonds. The topological polar surface area (TPSA) is 18.5 Å². The molecule has 1 aliphatic heterocycles. The van der Waals surface area contributed by atoms with E-state index in [0.29, 0.717) is 12.2 Å². The molecule has 1 saturated carbocycles. The summed E-state index contributed by atoms with van der Waals surface area (Å²) in [5, 5.41) is 0.235. The number of hydrogen-bond donors (Lipinski definition) is 0. The van der Waals surface area contributed by atoms with Crippen LogP contribution in [-0.2, 0) is 8.85 Å². The van der Waals surface area contributed by atoms with Crippen molar-refractivity contribution < 1.29 is 8.85 Å². The lowest BCUT2D eigenvalue weighted by molar-refractivity contribution is 0.133. The highest BCUT2D eigenvalue weighted by molar-refractivity contribution is 6.74. The molecule has 0 spiro atoms. The molecule has 23 heavy (non-hydrogen) atoms. The second-order valence-corrected chi connectivity index (χ2v) is 14.5. The fourth-order valence-corrected chi connectivity index (χ4v) is 9.79. The van der Waals surface area contributed by atoms with Crippen LogP contribution in [0, 0.1) is 0 Å². The van der Waals surface area contributed by atoms with E-state index < -0.39 is 8.56 Å². The third-order valence-corrected chi connectivity index (χ3v) is 11.0. The molecule has 0 aromatic heterocycles. The van der Waals surface area contributed by atoms with Crippen LogP contribution in [0.4, 0.5) is 0 Å². The Morgan fingerprint density at radius 3 is 1.17 bits per heavy atom. The van der Waals surface area contributed by atoms with Gasteiger partial charge >= 0.3 is 8.56 Å². The zero-order valence-corrected chi connectivity index (χ0v) is 17.5. The van der Waals surface area contributed by atoms with Crippen molar-refractivity contribution in [1.29, 1.82) is 0 Å². The molecular formula is C20H40O2Si. The standard InChI is InChI=1S/C20H40O2Si/c1-19(2,3)23(20(4,5)6)21-17-15-13-11-9-7-8-10-12-14-16-18(17)22-23/h17-18H,7-16H2,1-6H3. The third kappa shape index (κ3) is 4.41.